The van der Waals surface area contributed by atoms with Crippen LogP contribution in [-0.4, -0.2) is 5.97 Å². The van der Waals surface area contributed by atoms with Crippen molar-refractivity contribution in [1.82, 2.24) is 0 Å². The number of carbonyl (C=O) groups is 1. The van der Waals surface area contributed by atoms with E-state index in [-0.39, 0.29) is 24.5 Å². The Kier molecular flexibility index (Phi) is 7.14. The third-order valence-corrected chi connectivity index (χ3v) is 4.35. The minimum Gasteiger partial charge on any atom is -0.487 e. The molecule has 0 fully saturated rings. The first-order valence-electron chi connectivity index (χ1n) is 8.76. The molecule has 0 unspecified atom stereocenters. The van der Waals surface area contributed by atoms with Crippen molar-refractivity contribution in [1.29, 1.82) is 0 Å². The molecule has 0 bridgehead atoms. The summed E-state index contributed by atoms with van der Waals surface area (Å²) in [5.41, 5.74) is 1.18. The molecule has 3 rings (SSSR count). The van der Waals surface area contributed by atoms with Gasteiger partial charge >= 0.3 is 5.97 Å². The molecule has 3 aromatic carbocycles. The van der Waals surface area contributed by atoms with Gasteiger partial charge in [0.2, 0.25) is 0 Å². The fourth-order valence-corrected chi connectivity index (χ4v) is 2.97. The van der Waals surface area contributed by atoms with E-state index >= 15 is 0 Å². The number of hydrogen-bond acceptors (Lipinski definition) is 3. The van der Waals surface area contributed by atoms with Crippen LogP contribution in [-0.2, 0) is 18.0 Å². The van der Waals surface area contributed by atoms with Crippen molar-refractivity contribution in [3.8, 4) is 5.75 Å². The molecule has 0 heterocycles. The fraction of sp³-hybridized carbons (Fsp3) is 0.0870. The smallest absolute Gasteiger partial charge is 0.345 e. The number of hydrogen-bond donors (Lipinski definition) is 0. The van der Waals surface area contributed by atoms with Gasteiger partial charge in [-0.05, 0) is 28.3 Å². The molecule has 6 heteroatoms. The monoisotopic (exact) mass is 458 g/mol. The summed E-state index contributed by atoms with van der Waals surface area (Å²) in [4.78, 5) is 14.1. The molecule has 3 nitrogen and oxygen atoms in total. The summed E-state index contributed by atoms with van der Waals surface area (Å²) >= 11 is 3.11. The van der Waals surface area contributed by atoms with Gasteiger partial charge in [-0.3, -0.25) is 0 Å². The summed E-state index contributed by atoms with van der Waals surface area (Å²) in [5, 5.41) is 0. The van der Waals surface area contributed by atoms with Crippen molar-refractivity contribution < 1.29 is 23.0 Å². The Morgan fingerprint density at radius 1 is 0.931 bits per heavy atom. The zero-order valence-electron chi connectivity index (χ0n) is 15.3. The molecule has 0 aromatic heterocycles. The molecule has 29 heavy (non-hydrogen) atoms. The van der Waals surface area contributed by atoms with Gasteiger partial charge in [0.15, 0.2) is 11.6 Å². The Bertz CT molecular complexity index is 1010. The second-order valence-corrected chi connectivity index (χ2v) is 6.62. The first-order valence-corrected chi connectivity index (χ1v) is 9.68. The molecule has 0 saturated heterocycles. The molecule has 0 aliphatic rings. The molecule has 0 aliphatic carbocycles. The van der Waals surface area contributed by atoms with Crippen LogP contribution in [0.3, 0.4) is 0 Å². The SMILES string of the molecule is O=C(OCc1ccccc1)c1c(F)c(F)cc(/C=C\Br)c1OCc1ccccc1. The van der Waals surface area contributed by atoms with E-state index in [9.17, 15) is 13.6 Å². The highest BCUT2D eigenvalue weighted by Gasteiger charge is 2.26. The quantitative estimate of drug-likeness (QED) is 0.391. The lowest BCUT2D eigenvalue weighted by atomic mass is 10.1. The van der Waals surface area contributed by atoms with Crippen molar-refractivity contribution in [2.75, 3.05) is 0 Å². The summed E-state index contributed by atoms with van der Waals surface area (Å²) in [7, 11) is 0. The number of ether oxygens (including phenoxy) is 2. The van der Waals surface area contributed by atoms with E-state index in [4.69, 9.17) is 9.47 Å². The van der Waals surface area contributed by atoms with E-state index in [0.717, 1.165) is 17.2 Å². The molecule has 0 aliphatic heterocycles. The van der Waals surface area contributed by atoms with Gasteiger partial charge < -0.3 is 9.47 Å². The van der Waals surface area contributed by atoms with Gasteiger partial charge in [0.05, 0.1) is 0 Å². The van der Waals surface area contributed by atoms with Gasteiger partial charge in [0.25, 0.3) is 0 Å². The molecule has 0 saturated carbocycles. The van der Waals surface area contributed by atoms with E-state index in [1.165, 1.54) is 11.1 Å². The zero-order valence-corrected chi connectivity index (χ0v) is 16.9. The van der Waals surface area contributed by atoms with Crippen LogP contribution < -0.4 is 4.74 Å². The Morgan fingerprint density at radius 2 is 1.52 bits per heavy atom. The number of halogens is 3. The summed E-state index contributed by atoms with van der Waals surface area (Å²) in [6, 6.07) is 19.1. The van der Waals surface area contributed by atoms with E-state index < -0.39 is 23.2 Å². The van der Waals surface area contributed by atoms with E-state index in [1.54, 1.807) is 24.3 Å². The molecule has 0 atom stereocenters. The average Bonchev–Trinajstić information content (AvgIpc) is 2.75. The van der Waals surface area contributed by atoms with Crippen LogP contribution in [0.15, 0.2) is 71.7 Å². The molecule has 148 valence electrons. The van der Waals surface area contributed by atoms with E-state index in [1.807, 2.05) is 36.4 Å². The topological polar surface area (TPSA) is 35.5 Å². The highest BCUT2D eigenvalue weighted by atomic mass is 79.9. The molecule has 0 amide bonds. The van der Waals surface area contributed by atoms with Crippen LogP contribution in [0.4, 0.5) is 8.78 Å². The van der Waals surface area contributed by atoms with Gasteiger partial charge in [0, 0.05) is 5.56 Å². The Hall–Kier alpha value is -2.99. The standard InChI is InChI=1S/C23H17BrF2O3/c24-12-11-18-13-19(25)21(26)20(22(18)28-14-16-7-3-1-4-8-16)23(27)29-15-17-9-5-2-6-10-17/h1-13H,14-15H2/b12-11-. The van der Waals surface area contributed by atoms with Crippen molar-refractivity contribution >= 4 is 28.0 Å². The van der Waals surface area contributed by atoms with Crippen LogP contribution in [0, 0.1) is 11.6 Å². The minimum absolute atomic E-state index is 0.0721. The Morgan fingerprint density at radius 3 is 2.10 bits per heavy atom. The van der Waals surface area contributed by atoms with E-state index in [2.05, 4.69) is 15.9 Å². The van der Waals surface area contributed by atoms with Crippen LogP contribution in [0.5, 0.6) is 5.75 Å². The van der Waals surface area contributed by atoms with Gasteiger partial charge in [-0.25, -0.2) is 13.6 Å². The number of rotatable bonds is 7. The van der Waals surface area contributed by atoms with Crippen molar-refractivity contribution in [3.05, 3.63) is 106 Å². The summed E-state index contributed by atoms with van der Waals surface area (Å²) < 4.78 is 39.7. The average molecular weight is 459 g/mol. The maximum absolute atomic E-state index is 14.6. The second-order valence-electron chi connectivity index (χ2n) is 6.09. The molecule has 3 aromatic rings. The zero-order chi connectivity index (χ0) is 20.6. The summed E-state index contributed by atoms with van der Waals surface area (Å²) in [5.74, 6) is -3.55. The lowest BCUT2D eigenvalue weighted by Gasteiger charge is -2.15. The molecule has 0 N–H and O–H groups in total. The number of benzene rings is 3. The van der Waals surface area contributed by atoms with Gasteiger partial charge in [0.1, 0.15) is 24.5 Å². The second kappa shape index (κ2) is 9.98. The normalized spacial score (nSPS) is 10.9. The van der Waals surface area contributed by atoms with Crippen molar-refractivity contribution in [2.24, 2.45) is 0 Å². The third-order valence-electron chi connectivity index (χ3n) is 4.09. The Labute approximate surface area is 175 Å². The highest BCUT2D eigenvalue weighted by Crippen LogP contribution is 2.32. The number of esters is 1. The van der Waals surface area contributed by atoms with Crippen LogP contribution in [0.1, 0.15) is 27.0 Å². The largest absolute Gasteiger partial charge is 0.487 e. The highest BCUT2D eigenvalue weighted by molar-refractivity contribution is 9.11. The number of carbonyl (C=O) groups excluding carboxylic acids is 1. The molecular formula is C23H17BrF2O3. The first kappa shape index (κ1) is 20.7. The molecule has 0 spiro atoms. The van der Waals surface area contributed by atoms with E-state index in [0.29, 0.717) is 0 Å². The summed E-state index contributed by atoms with van der Waals surface area (Å²) in [6.45, 7) is 0.00533. The van der Waals surface area contributed by atoms with Gasteiger partial charge in [-0.1, -0.05) is 76.6 Å². The van der Waals surface area contributed by atoms with Crippen LogP contribution in [0.2, 0.25) is 0 Å². The third kappa shape index (κ3) is 5.29. The first-order chi connectivity index (χ1) is 14.1. The van der Waals surface area contributed by atoms with Crippen molar-refractivity contribution in [2.45, 2.75) is 13.2 Å². The van der Waals surface area contributed by atoms with Crippen LogP contribution in [0.25, 0.3) is 6.08 Å². The maximum Gasteiger partial charge on any atom is 0.345 e. The van der Waals surface area contributed by atoms with Crippen molar-refractivity contribution in [3.63, 3.8) is 0 Å². The van der Waals surface area contributed by atoms with Gasteiger partial charge in [-0.15, -0.1) is 0 Å². The minimum atomic E-state index is -1.31. The van der Waals surface area contributed by atoms with Crippen LogP contribution >= 0.6 is 15.9 Å². The molecular weight excluding hydrogens is 442 g/mol. The van der Waals surface area contributed by atoms with Gasteiger partial charge in [-0.2, -0.15) is 0 Å². The maximum atomic E-state index is 14.6. The fourth-order valence-electron chi connectivity index (χ4n) is 2.68. The lowest BCUT2D eigenvalue weighted by Crippen LogP contribution is -2.13. The Balaban J connectivity index is 1.93. The summed E-state index contributed by atoms with van der Waals surface area (Å²) in [6.07, 6.45) is 1.47. The molecule has 0 radical (unpaired) electrons. The predicted molar refractivity (Wildman–Crippen MR) is 111 cm³/mol. The predicted octanol–water partition coefficient (Wildman–Crippen LogP) is 6.27. The lowest BCUT2D eigenvalue weighted by molar-refractivity contribution is 0.0460.